The number of nitrogens with zero attached hydrogens (tertiary/aromatic N) is 4. The minimum atomic E-state index is -0.111. The monoisotopic (exact) mass is 460 g/mol. The molecule has 0 radical (unpaired) electrons. The van der Waals surface area contributed by atoms with Crippen LogP contribution in [0.25, 0.3) is 21.6 Å². The third-order valence-electron chi connectivity index (χ3n) is 5.19. The molecule has 5 rings (SSSR count). The number of fused-ring (bicyclic) bond motifs is 2. The second-order valence-corrected chi connectivity index (χ2v) is 9.55. The standard InChI is InChI=1S/C24H20N4O2S2/c1-14-8-15(2)10-18(9-14)28-22(30)19-6-4-5-7-20(19)26-24(28)32-13-17-11-21(29)27-16(3)12-31-23(27)25-17/h4-12H,13H2,1-3H3. The Morgan fingerprint density at radius 1 is 0.969 bits per heavy atom. The van der Waals surface area contributed by atoms with Crippen LogP contribution in [-0.2, 0) is 5.75 Å². The van der Waals surface area contributed by atoms with Crippen molar-refractivity contribution in [3.8, 4) is 5.69 Å². The van der Waals surface area contributed by atoms with Gasteiger partial charge in [-0.15, -0.1) is 11.3 Å². The molecule has 0 bridgehead atoms. The SMILES string of the molecule is Cc1cc(C)cc(-n2c(SCc3cc(=O)n4c(C)csc4n3)nc3ccccc3c2=O)c1. The summed E-state index contributed by atoms with van der Waals surface area (Å²) in [5.41, 5.74) is 4.91. The molecule has 2 aromatic carbocycles. The maximum atomic E-state index is 13.5. The molecule has 3 aromatic heterocycles. The van der Waals surface area contributed by atoms with Crippen LogP contribution in [0.4, 0.5) is 0 Å². The van der Waals surface area contributed by atoms with Crippen molar-refractivity contribution < 1.29 is 0 Å². The predicted molar refractivity (Wildman–Crippen MR) is 130 cm³/mol. The molecule has 0 aliphatic heterocycles. The Labute approximate surface area is 192 Å². The number of hydrogen-bond donors (Lipinski definition) is 0. The van der Waals surface area contributed by atoms with Gasteiger partial charge in [-0.05, 0) is 56.2 Å². The Bertz CT molecular complexity index is 1590. The zero-order valence-electron chi connectivity index (χ0n) is 17.8. The lowest BCUT2D eigenvalue weighted by Gasteiger charge is -2.14. The van der Waals surface area contributed by atoms with Gasteiger partial charge >= 0.3 is 0 Å². The lowest BCUT2D eigenvalue weighted by Crippen LogP contribution is -2.22. The number of hydrogen-bond acceptors (Lipinski definition) is 6. The molecule has 160 valence electrons. The Kier molecular flexibility index (Phi) is 5.19. The lowest BCUT2D eigenvalue weighted by atomic mass is 10.1. The Morgan fingerprint density at radius 3 is 2.50 bits per heavy atom. The van der Waals surface area contributed by atoms with Crippen LogP contribution in [0.5, 0.6) is 0 Å². The van der Waals surface area contributed by atoms with Crippen molar-refractivity contribution in [1.82, 2.24) is 18.9 Å². The molecular weight excluding hydrogens is 440 g/mol. The molecule has 0 unspecified atom stereocenters. The molecule has 0 saturated heterocycles. The van der Waals surface area contributed by atoms with Gasteiger partial charge in [0, 0.05) is 22.9 Å². The molecule has 0 fully saturated rings. The zero-order chi connectivity index (χ0) is 22.4. The summed E-state index contributed by atoms with van der Waals surface area (Å²) >= 11 is 2.85. The maximum absolute atomic E-state index is 13.5. The molecular formula is C24H20N4O2S2. The molecule has 3 heterocycles. The van der Waals surface area contributed by atoms with Crippen molar-refractivity contribution in [2.24, 2.45) is 0 Å². The Balaban J connectivity index is 1.63. The third kappa shape index (κ3) is 3.65. The average Bonchev–Trinajstić information content (AvgIpc) is 3.13. The van der Waals surface area contributed by atoms with Gasteiger partial charge in [-0.25, -0.2) is 9.97 Å². The molecule has 5 aromatic rings. The maximum Gasteiger partial charge on any atom is 0.266 e. The van der Waals surface area contributed by atoms with Crippen molar-refractivity contribution in [2.45, 2.75) is 31.7 Å². The minimum absolute atomic E-state index is 0.0949. The van der Waals surface area contributed by atoms with E-state index in [0.29, 0.717) is 32.5 Å². The first-order chi connectivity index (χ1) is 15.4. The first-order valence-electron chi connectivity index (χ1n) is 10.1. The van der Waals surface area contributed by atoms with Crippen LogP contribution in [0.15, 0.2) is 68.7 Å². The van der Waals surface area contributed by atoms with Crippen molar-refractivity contribution >= 4 is 39.0 Å². The highest BCUT2D eigenvalue weighted by Crippen LogP contribution is 2.25. The van der Waals surface area contributed by atoms with Gasteiger partial charge in [-0.1, -0.05) is 30.0 Å². The molecule has 0 aliphatic rings. The summed E-state index contributed by atoms with van der Waals surface area (Å²) < 4.78 is 3.27. The molecule has 0 N–H and O–H groups in total. The van der Waals surface area contributed by atoms with E-state index in [9.17, 15) is 9.59 Å². The number of thiazole rings is 1. The molecule has 0 spiro atoms. The third-order valence-corrected chi connectivity index (χ3v) is 7.10. The van der Waals surface area contributed by atoms with Crippen molar-refractivity contribution in [3.63, 3.8) is 0 Å². The number of aryl methyl sites for hydroxylation is 3. The second-order valence-electron chi connectivity index (χ2n) is 7.77. The first-order valence-corrected chi connectivity index (χ1v) is 12.0. The number of rotatable bonds is 4. The van der Waals surface area contributed by atoms with Crippen molar-refractivity contribution in [3.05, 3.63) is 97.1 Å². The summed E-state index contributed by atoms with van der Waals surface area (Å²) in [6.45, 7) is 5.92. The van der Waals surface area contributed by atoms with Crippen LogP contribution in [0.1, 0.15) is 22.5 Å². The summed E-state index contributed by atoms with van der Waals surface area (Å²) in [7, 11) is 0. The fourth-order valence-corrected chi connectivity index (χ4v) is 5.63. The quantitative estimate of drug-likeness (QED) is 0.288. The largest absolute Gasteiger partial charge is 0.269 e. The van der Waals surface area contributed by atoms with Crippen LogP contribution in [0, 0.1) is 20.8 Å². The fraction of sp³-hybridized carbons (Fsp3) is 0.167. The Morgan fingerprint density at radius 2 is 1.72 bits per heavy atom. The van der Waals surface area contributed by atoms with E-state index in [4.69, 9.17) is 4.98 Å². The van der Waals surface area contributed by atoms with Gasteiger partial charge in [-0.2, -0.15) is 0 Å². The molecule has 0 amide bonds. The summed E-state index contributed by atoms with van der Waals surface area (Å²) in [6, 6.07) is 15.0. The van der Waals surface area contributed by atoms with Gasteiger partial charge < -0.3 is 0 Å². The lowest BCUT2D eigenvalue weighted by molar-refractivity contribution is 0.817. The summed E-state index contributed by atoms with van der Waals surface area (Å²) in [5, 5.41) is 3.06. The molecule has 8 heteroatoms. The van der Waals surface area contributed by atoms with Crippen LogP contribution in [-0.4, -0.2) is 18.9 Å². The second kappa shape index (κ2) is 8.03. The van der Waals surface area contributed by atoms with E-state index in [2.05, 4.69) is 11.1 Å². The van der Waals surface area contributed by atoms with E-state index in [1.54, 1.807) is 21.1 Å². The zero-order valence-corrected chi connectivity index (χ0v) is 19.5. The van der Waals surface area contributed by atoms with E-state index in [1.165, 1.54) is 23.1 Å². The van der Waals surface area contributed by atoms with Crippen LogP contribution < -0.4 is 11.1 Å². The Hall–Kier alpha value is -3.23. The van der Waals surface area contributed by atoms with E-state index < -0.39 is 0 Å². The number of thioether (sulfide) groups is 1. The van der Waals surface area contributed by atoms with E-state index in [-0.39, 0.29) is 11.1 Å². The summed E-state index contributed by atoms with van der Waals surface area (Å²) in [4.78, 5) is 36.1. The molecule has 0 saturated carbocycles. The molecule has 0 aliphatic carbocycles. The van der Waals surface area contributed by atoms with Gasteiger partial charge in [0.15, 0.2) is 10.1 Å². The van der Waals surface area contributed by atoms with E-state index in [1.807, 2.05) is 56.5 Å². The average molecular weight is 461 g/mol. The highest BCUT2D eigenvalue weighted by molar-refractivity contribution is 7.98. The van der Waals surface area contributed by atoms with E-state index in [0.717, 1.165) is 22.5 Å². The highest BCUT2D eigenvalue weighted by Gasteiger charge is 2.15. The van der Waals surface area contributed by atoms with Crippen LogP contribution in [0.3, 0.4) is 0 Å². The molecule has 0 atom stereocenters. The highest BCUT2D eigenvalue weighted by atomic mass is 32.2. The first kappa shape index (κ1) is 20.7. The number of aromatic nitrogens is 4. The van der Waals surface area contributed by atoms with E-state index >= 15 is 0 Å². The summed E-state index contributed by atoms with van der Waals surface area (Å²) in [5.74, 6) is 0.429. The van der Waals surface area contributed by atoms with Crippen LogP contribution >= 0.6 is 23.1 Å². The van der Waals surface area contributed by atoms with Crippen molar-refractivity contribution in [1.29, 1.82) is 0 Å². The minimum Gasteiger partial charge on any atom is -0.269 e. The van der Waals surface area contributed by atoms with Crippen LogP contribution in [0.2, 0.25) is 0 Å². The van der Waals surface area contributed by atoms with Crippen molar-refractivity contribution in [2.75, 3.05) is 0 Å². The molecule has 32 heavy (non-hydrogen) atoms. The normalized spacial score (nSPS) is 11.5. The van der Waals surface area contributed by atoms with Gasteiger partial charge in [0.25, 0.3) is 11.1 Å². The predicted octanol–water partition coefficient (Wildman–Crippen LogP) is 4.67. The van der Waals surface area contributed by atoms with Gasteiger partial charge in [0.05, 0.1) is 22.3 Å². The number of benzene rings is 2. The summed E-state index contributed by atoms with van der Waals surface area (Å²) in [6.07, 6.45) is 0. The topological polar surface area (TPSA) is 69.3 Å². The molecule has 6 nitrogen and oxygen atoms in total. The number of para-hydroxylation sites is 1. The van der Waals surface area contributed by atoms with Gasteiger partial charge in [0.2, 0.25) is 0 Å². The van der Waals surface area contributed by atoms with Gasteiger partial charge in [0.1, 0.15) is 0 Å². The van der Waals surface area contributed by atoms with Gasteiger partial charge in [-0.3, -0.25) is 18.6 Å². The smallest absolute Gasteiger partial charge is 0.266 e. The fourth-order valence-electron chi connectivity index (χ4n) is 3.83.